The van der Waals surface area contributed by atoms with E-state index in [9.17, 15) is 14.0 Å². The van der Waals surface area contributed by atoms with Gasteiger partial charge in [0.05, 0.1) is 5.69 Å². The summed E-state index contributed by atoms with van der Waals surface area (Å²) in [5.41, 5.74) is 0.0941. The maximum absolute atomic E-state index is 13.4. The van der Waals surface area contributed by atoms with Gasteiger partial charge in [-0.05, 0) is 49.1 Å². The smallest absolute Gasteiger partial charge is 0.306 e. The van der Waals surface area contributed by atoms with E-state index in [0.717, 1.165) is 12.3 Å². The summed E-state index contributed by atoms with van der Waals surface area (Å²) in [6, 6.07) is 5.89. The fourth-order valence-corrected chi connectivity index (χ4v) is 3.79. The molecule has 2 aliphatic rings. The van der Waals surface area contributed by atoms with Crippen LogP contribution < -0.4 is 5.32 Å². The number of hydrogen-bond acceptors (Lipinski definition) is 3. The highest BCUT2D eigenvalue weighted by Crippen LogP contribution is 2.49. The van der Waals surface area contributed by atoms with E-state index in [1.807, 2.05) is 0 Å². The van der Waals surface area contributed by atoms with Crippen molar-refractivity contribution in [3.63, 3.8) is 0 Å². The zero-order chi connectivity index (χ0) is 15.5. The standard InChI is InChI=1S/C17H20FNO3/c18-14-3-1-2-4-15(14)19-16(20)10-22-17(21)9-13-8-11-5-6-12(13)7-11/h1-4,11-13H,5-10H2,(H,19,20)/t11-,12+,13+/m0/s1. The number of rotatable bonds is 5. The number of para-hydroxylation sites is 1. The minimum Gasteiger partial charge on any atom is -0.456 e. The molecule has 2 aliphatic carbocycles. The molecule has 118 valence electrons. The van der Waals surface area contributed by atoms with Crippen molar-refractivity contribution in [3.05, 3.63) is 30.1 Å². The largest absolute Gasteiger partial charge is 0.456 e. The van der Waals surface area contributed by atoms with Crippen LogP contribution >= 0.6 is 0 Å². The lowest BCUT2D eigenvalue weighted by molar-refractivity contribution is -0.148. The van der Waals surface area contributed by atoms with Gasteiger partial charge in [0, 0.05) is 6.42 Å². The lowest BCUT2D eigenvalue weighted by Crippen LogP contribution is -2.23. The second kappa shape index (κ2) is 6.46. The van der Waals surface area contributed by atoms with Crippen molar-refractivity contribution >= 4 is 17.6 Å². The Morgan fingerprint density at radius 3 is 2.73 bits per heavy atom. The molecule has 0 heterocycles. The number of hydrogen-bond donors (Lipinski definition) is 1. The summed E-state index contributed by atoms with van der Waals surface area (Å²) in [5, 5.41) is 2.40. The Hall–Kier alpha value is -1.91. The summed E-state index contributed by atoms with van der Waals surface area (Å²) >= 11 is 0. The Bertz CT molecular complexity index is 575. The third-order valence-electron chi connectivity index (χ3n) is 4.83. The molecular weight excluding hydrogens is 285 g/mol. The maximum Gasteiger partial charge on any atom is 0.306 e. The van der Waals surface area contributed by atoms with Crippen molar-refractivity contribution in [2.45, 2.75) is 32.1 Å². The summed E-state index contributed by atoms with van der Waals surface area (Å²) in [5.74, 6) is 0.495. The van der Waals surface area contributed by atoms with Gasteiger partial charge >= 0.3 is 5.97 Å². The number of anilines is 1. The number of fused-ring (bicyclic) bond motifs is 2. The summed E-state index contributed by atoms with van der Waals surface area (Å²) in [7, 11) is 0. The van der Waals surface area contributed by atoms with Crippen LogP contribution in [-0.2, 0) is 14.3 Å². The number of carbonyl (C=O) groups is 2. The van der Waals surface area contributed by atoms with E-state index >= 15 is 0 Å². The fraction of sp³-hybridized carbons (Fsp3) is 0.529. The molecule has 0 saturated heterocycles. The van der Waals surface area contributed by atoms with Gasteiger partial charge in [-0.3, -0.25) is 9.59 Å². The fourth-order valence-electron chi connectivity index (χ4n) is 3.79. The molecule has 3 atom stereocenters. The molecule has 0 spiro atoms. The highest BCUT2D eigenvalue weighted by molar-refractivity contribution is 5.92. The van der Waals surface area contributed by atoms with E-state index in [-0.39, 0.29) is 18.3 Å². The highest BCUT2D eigenvalue weighted by atomic mass is 19.1. The molecule has 2 bridgehead atoms. The highest BCUT2D eigenvalue weighted by Gasteiger charge is 2.40. The minimum absolute atomic E-state index is 0.0941. The van der Waals surface area contributed by atoms with Crippen molar-refractivity contribution < 1.29 is 18.7 Å². The third kappa shape index (κ3) is 3.46. The van der Waals surface area contributed by atoms with Crippen LogP contribution in [0.5, 0.6) is 0 Å². The van der Waals surface area contributed by atoms with Gasteiger partial charge in [-0.2, -0.15) is 0 Å². The molecule has 3 rings (SSSR count). The van der Waals surface area contributed by atoms with Crippen molar-refractivity contribution in [3.8, 4) is 0 Å². The van der Waals surface area contributed by atoms with E-state index in [2.05, 4.69) is 5.32 Å². The van der Waals surface area contributed by atoms with E-state index in [1.165, 1.54) is 31.4 Å². The van der Waals surface area contributed by atoms with Gasteiger partial charge in [0.1, 0.15) is 5.82 Å². The predicted molar refractivity (Wildman–Crippen MR) is 79.5 cm³/mol. The maximum atomic E-state index is 13.4. The SMILES string of the molecule is O=C(COC(=O)C[C@H]1C[C@H]2CC[C@@H]1C2)Nc1ccccc1F. The van der Waals surface area contributed by atoms with Crippen molar-refractivity contribution in [1.29, 1.82) is 0 Å². The second-order valence-electron chi connectivity index (χ2n) is 6.33. The molecule has 0 unspecified atom stereocenters. The molecule has 0 aromatic heterocycles. The van der Waals surface area contributed by atoms with Crippen LogP contribution in [0, 0.1) is 23.6 Å². The first-order chi connectivity index (χ1) is 10.6. The molecule has 2 saturated carbocycles. The van der Waals surface area contributed by atoms with E-state index in [4.69, 9.17) is 4.74 Å². The van der Waals surface area contributed by atoms with Gasteiger partial charge in [0.2, 0.25) is 0 Å². The zero-order valence-corrected chi connectivity index (χ0v) is 12.4. The molecule has 1 aromatic carbocycles. The number of carbonyl (C=O) groups excluding carboxylic acids is 2. The Morgan fingerprint density at radius 1 is 1.23 bits per heavy atom. The van der Waals surface area contributed by atoms with Gasteiger partial charge in [0.15, 0.2) is 6.61 Å². The van der Waals surface area contributed by atoms with Crippen LogP contribution in [0.1, 0.15) is 32.1 Å². The van der Waals surface area contributed by atoms with Gasteiger partial charge in [0.25, 0.3) is 5.91 Å². The monoisotopic (exact) mass is 305 g/mol. The summed E-state index contributed by atoms with van der Waals surface area (Å²) in [6.45, 7) is -0.367. The molecule has 22 heavy (non-hydrogen) atoms. The van der Waals surface area contributed by atoms with Crippen LogP contribution in [0.4, 0.5) is 10.1 Å². The summed E-state index contributed by atoms with van der Waals surface area (Å²) in [4.78, 5) is 23.5. The lowest BCUT2D eigenvalue weighted by Gasteiger charge is -2.20. The molecule has 0 radical (unpaired) electrons. The van der Waals surface area contributed by atoms with Crippen LogP contribution in [-0.4, -0.2) is 18.5 Å². The Balaban J connectivity index is 1.41. The molecule has 2 fully saturated rings. The van der Waals surface area contributed by atoms with Crippen LogP contribution in [0.2, 0.25) is 0 Å². The van der Waals surface area contributed by atoms with Crippen molar-refractivity contribution in [1.82, 2.24) is 0 Å². The summed E-state index contributed by atoms with van der Waals surface area (Å²) in [6.07, 6.45) is 5.26. The topological polar surface area (TPSA) is 55.4 Å². The van der Waals surface area contributed by atoms with Gasteiger partial charge in [-0.1, -0.05) is 18.6 Å². The first-order valence-corrected chi connectivity index (χ1v) is 7.82. The van der Waals surface area contributed by atoms with Crippen LogP contribution in [0.15, 0.2) is 24.3 Å². The number of esters is 1. The molecule has 5 heteroatoms. The first-order valence-electron chi connectivity index (χ1n) is 7.82. The van der Waals surface area contributed by atoms with Crippen LogP contribution in [0.3, 0.4) is 0 Å². The van der Waals surface area contributed by atoms with Gasteiger partial charge < -0.3 is 10.1 Å². The molecule has 1 amide bonds. The number of benzene rings is 1. The minimum atomic E-state index is -0.522. The van der Waals surface area contributed by atoms with Crippen molar-refractivity contribution in [2.24, 2.45) is 17.8 Å². The number of halogens is 1. The molecule has 1 aromatic rings. The zero-order valence-electron chi connectivity index (χ0n) is 12.4. The van der Waals surface area contributed by atoms with Crippen LogP contribution in [0.25, 0.3) is 0 Å². The van der Waals surface area contributed by atoms with E-state index in [0.29, 0.717) is 18.3 Å². The molecule has 0 aliphatic heterocycles. The average Bonchev–Trinajstić information content (AvgIpc) is 3.10. The number of nitrogens with one attached hydrogen (secondary N) is 1. The lowest BCUT2D eigenvalue weighted by atomic mass is 9.86. The van der Waals surface area contributed by atoms with Crippen molar-refractivity contribution in [2.75, 3.05) is 11.9 Å². The molecular formula is C17H20FNO3. The van der Waals surface area contributed by atoms with Gasteiger partial charge in [-0.15, -0.1) is 0 Å². The number of ether oxygens (including phenoxy) is 1. The Kier molecular flexibility index (Phi) is 4.41. The number of amides is 1. The second-order valence-corrected chi connectivity index (χ2v) is 6.33. The third-order valence-corrected chi connectivity index (χ3v) is 4.83. The predicted octanol–water partition coefficient (Wildman–Crippen LogP) is 3.13. The summed E-state index contributed by atoms with van der Waals surface area (Å²) < 4.78 is 18.4. The van der Waals surface area contributed by atoms with E-state index < -0.39 is 11.7 Å². The van der Waals surface area contributed by atoms with Gasteiger partial charge in [-0.25, -0.2) is 4.39 Å². The quantitative estimate of drug-likeness (QED) is 0.850. The first kappa shape index (κ1) is 15.0. The molecule has 1 N–H and O–H groups in total. The Labute approximate surface area is 129 Å². The average molecular weight is 305 g/mol. The Morgan fingerprint density at radius 2 is 2.05 bits per heavy atom. The molecule has 4 nitrogen and oxygen atoms in total. The normalized spacial score (nSPS) is 26.0. The van der Waals surface area contributed by atoms with E-state index in [1.54, 1.807) is 12.1 Å².